The largest absolute Gasteiger partial charge is 0.381 e. The van der Waals surface area contributed by atoms with Crippen LogP contribution < -0.4 is 5.32 Å². The van der Waals surface area contributed by atoms with Crippen LogP contribution in [0.1, 0.15) is 18.1 Å². The van der Waals surface area contributed by atoms with Gasteiger partial charge in [0.05, 0.1) is 10.6 Å². The second kappa shape index (κ2) is 6.62. The second-order valence-electron chi connectivity index (χ2n) is 4.86. The highest BCUT2D eigenvalue weighted by molar-refractivity contribution is 9.10. The summed E-state index contributed by atoms with van der Waals surface area (Å²) in [5.41, 5.74) is 3.28. The number of halogens is 1. The van der Waals surface area contributed by atoms with E-state index in [1.807, 2.05) is 6.07 Å². The van der Waals surface area contributed by atoms with Crippen molar-refractivity contribution < 1.29 is 8.42 Å². The fourth-order valence-electron chi connectivity index (χ4n) is 1.97. The number of aryl methyl sites for hydroxylation is 1. The Morgan fingerprint density at radius 2 is 1.76 bits per heavy atom. The molecule has 3 nitrogen and oxygen atoms in total. The van der Waals surface area contributed by atoms with E-state index in [1.54, 1.807) is 31.2 Å². The van der Waals surface area contributed by atoms with Crippen LogP contribution >= 0.6 is 15.9 Å². The number of benzene rings is 2. The first kappa shape index (κ1) is 16.0. The van der Waals surface area contributed by atoms with Gasteiger partial charge in [-0.25, -0.2) is 8.42 Å². The average molecular weight is 368 g/mol. The van der Waals surface area contributed by atoms with Crippen molar-refractivity contribution in [2.45, 2.75) is 25.3 Å². The summed E-state index contributed by atoms with van der Waals surface area (Å²) in [6.07, 6.45) is 0. The van der Waals surface area contributed by atoms with Crippen LogP contribution in [0.3, 0.4) is 0 Å². The highest BCUT2D eigenvalue weighted by Crippen LogP contribution is 2.19. The third-order valence-electron chi connectivity index (χ3n) is 3.31. The van der Waals surface area contributed by atoms with Gasteiger partial charge in [-0.15, -0.1) is 0 Å². The molecule has 0 aromatic heterocycles. The number of anilines is 1. The maximum Gasteiger partial charge on any atom is 0.178 e. The van der Waals surface area contributed by atoms with Crippen molar-refractivity contribution in [3.05, 3.63) is 58.1 Å². The number of nitrogens with one attached hydrogen (secondary N) is 1. The molecule has 0 unspecified atom stereocenters. The second-order valence-corrected chi connectivity index (χ2v) is 8.00. The van der Waals surface area contributed by atoms with Crippen LogP contribution in [0.2, 0.25) is 0 Å². The van der Waals surface area contributed by atoms with Crippen LogP contribution in [-0.4, -0.2) is 14.2 Å². The van der Waals surface area contributed by atoms with Crippen LogP contribution in [-0.2, 0) is 16.4 Å². The van der Waals surface area contributed by atoms with Gasteiger partial charge in [0.25, 0.3) is 0 Å². The van der Waals surface area contributed by atoms with Gasteiger partial charge in [0.15, 0.2) is 9.84 Å². The SMILES string of the molecule is CCS(=O)(=O)c1ccc(NCc2ccc(Br)c(C)c2)cc1. The van der Waals surface area contributed by atoms with E-state index in [1.165, 1.54) is 11.1 Å². The number of sulfone groups is 1. The Balaban J connectivity index is 2.05. The predicted octanol–water partition coefficient (Wildman–Crippen LogP) is 4.16. The molecule has 0 aliphatic carbocycles. The zero-order chi connectivity index (χ0) is 15.5. The van der Waals surface area contributed by atoms with Gasteiger partial charge in [-0.3, -0.25) is 0 Å². The van der Waals surface area contributed by atoms with Crippen LogP contribution in [0, 0.1) is 6.92 Å². The van der Waals surface area contributed by atoms with E-state index < -0.39 is 9.84 Å². The fourth-order valence-corrected chi connectivity index (χ4v) is 3.10. The predicted molar refractivity (Wildman–Crippen MR) is 90.4 cm³/mol. The smallest absolute Gasteiger partial charge is 0.178 e. The third kappa shape index (κ3) is 4.08. The Kier molecular flexibility index (Phi) is 5.06. The third-order valence-corrected chi connectivity index (χ3v) is 5.95. The molecule has 0 aliphatic rings. The van der Waals surface area contributed by atoms with E-state index in [0.29, 0.717) is 11.4 Å². The minimum atomic E-state index is -3.13. The first-order valence-corrected chi connectivity index (χ1v) is 9.18. The molecule has 0 amide bonds. The van der Waals surface area contributed by atoms with Gasteiger partial charge in [0.1, 0.15) is 0 Å². The molecule has 1 N–H and O–H groups in total. The van der Waals surface area contributed by atoms with Crippen molar-refractivity contribution in [1.29, 1.82) is 0 Å². The van der Waals surface area contributed by atoms with E-state index in [4.69, 9.17) is 0 Å². The van der Waals surface area contributed by atoms with Crippen molar-refractivity contribution in [3.8, 4) is 0 Å². The van der Waals surface area contributed by atoms with E-state index >= 15 is 0 Å². The highest BCUT2D eigenvalue weighted by atomic mass is 79.9. The summed E-state index contributed by atoms with van der Waals surface area (Å²) in [6.45, 7) is 4.41. The fraction of sp³-hybridized carbons (Fsp3) is 0.250. The topological polar surface area (TPSA) is 46.2 Å². The van der Waals surface area contributed by atoms with Gasteiger partial charge < -0.3 is 5.32 Å². The standard InChI is InChI=1S/C16H18BrNO2S/c1-3-21(19,20)15-7-5-14(6-8-15)18-11-13-4-9-16(17)12(2)10-13/h4-10,18H,3,11H2,1-2H3. The zero-order valence-electron chi connectivity index (χ0n) is 12.1. The van der Waals surface area contributed by atoms with E-state index in [9.17, 15) is 8.42 Å². The van der Waals surface area contributed by atoms with Crippen molar-refractivity contribution in [3.63, 3.8) is 0 Å². The zero-order valence-corrected chi connectivity index (χ0v) is 14.5. The molecule has 21 heavy (non-hydrogen) atoms. The Bertz CT molecular complexity index is 724. The van der Waals surface area contributed by atoms with E-state index in [-0.39, 0.29) is 5.75 Å². The quantitative estimate of drug-likeness (QED) is 0.862. The van der Waals surface area contributed by atoms with Crippen molar-refractivity contribution in [2.24, 2.45) is 0 Å². The lowest BCUT2D eigenvalue weighted by Crippen LogP contribution is -2.04. The van der Waals surface area contributed by atoms with Gasteiger partial charge in [0.2, 0.25) is 0 Å². The van der Waals surface area contributed by atoms with Gasteiger partial charge in [0, 0.05) is 16.7 Å². The van der Waals surface area contributed by atoms with Gasteiger partial charge in [-0.2, -0.15) is 0 Å². The molecule has 0 aliphatic heterocycles. The Labute approximate surface area is 134 Å². The minimum absolute atomic E-state index is 0.123. The van der Waals surface area contributed by atoms with Crippen LogP contribution in [0.25, 0.3) is 0 Å². The first-order valence-electron chi connectivity index (χ1n) is 6.74. The molecular formula is C16H18BrNO2S. The maximum atomic E-state index is 11.7. The van der Waals surface area contributed by atoms with Gasteiger partial charge in [-0.1, -0.05) is 35.0 Å². The monoisotopic (exact) mass is 367 g/mol. The minimum Gasteiger partial charge on any atom is -0.381 e. The number of hydrogen-bond donors (Lipinski definition) is 1. The van der Waals surface area contributed by atoms with Gasteiger partial charge >= 0.3 is 0 Å². The molecule has 0 atom stereocenters. The molecule has 2 aromatic rings. The van der Waals surface area contributed by atoms with Crippen molar-refractivity contribution in [1.82, 2.24) is 0 Å². The summed E-state index contributed by atoms with van der Waals surface area (Å²) >= 11 is 3.48. The first-order chi connectivity index (χ1) is 9.92. The van der Waals surface area contributed by atoms with Crippen molar-refractivity contribution >= 4 is 31.5 Å². The molecule has 0 saturated heterocycles. The molecule has 112 valence electrons. The summed E-state index contributed by atoms with van der Waals surface area (Å²) in [5, 5.41) is 3.29. The Morgan fingerprint density at radius 1 is 1.10 bits per heavy atom. The molecule has 0 bridgehead atoms. The average Bonchev–Trinajstić information content (AvgIpc) is 2.49. The van der Waals surface area contributed by atoms with Crippen molar-refractivity contribution in [2.75, 3.05) is 11.1 Å². The molecule has 0 heterocycles. The van der Waals surface area contributed by atoms with Crippen LogP contribution in [0.15, 0.2) is 51.8 Å². The molecule has 5 heteroatoms. The molecule has 0 radical (unpaired) electrons. The van der Waals surface area contributed by atoms with Gasteiger partial charge in [-0.05, 0) is 48.4 Å². The van der Waals surface area contributed by atoms with Crippen LogP contribution in [0.5, 0.6) is 0 Å². The summed E-state index contributed by atoms with van der Waals surface area (Å²) in [6, 6.07) is 13.1. The summed E-state index contributed by atoms with van der Waals surface area (Å²) in [5.74, 6) is 0.123. The molecule has 0 spiro atoms. The molecule has 2 aromatic carbocycles. The normalized spacial score (nSPS) is 11.4. The molecular weight excluding hydrogens is 350 g/mol. The lowest BCUT2D eigenvalue weighted by Gasteiger charge is -2.09. The maximum absolute atomic E-state index is 11.7. The summed E-state index contributed by atoms with van der Waals surface area (Å²) < 4.78 is 24.6. The summed E-state index contributed by atoms with van der Waals surface area (Å²) in [7, 11) is -3.13. The lowest BCUT2D eigenvalue weighted by molar-refractivity contribution is 0.597. The summed E-state index contributed by atoms with van der Waals surface area (Å²) in [4.78, 5) is 0.370. The van der Waals surface area contributed by atoms with E-state index in [2.05, 4.69) is 40.3 Å². The molecule has 0 fully saturated rings. The lowest BCUT2D eigenvalue weighted by atomic mass is 10.1. The molecule has 0 saturated carbocycles. The highest BCUT2D eigenvalue weighted by Gasteiger charge is 2.10. The molecule has 2 rings (SSSR count). The Hall–Kier alpha value is -1.33. The number of rotatable bonds is 5. The van der Waals surface area contributed by atoms with Crippen LogP contribution in [0.4, 0.5) is 5.69 Å². The number of hydrogen-bond acceptors (Lipinski definition) is 3. The van der Waals surface area contributed by atoms with E-state index in [0.717, 1.165) is 10.2 Å². The Morgan fingerprint density at radius 3 is 2.33 bits per heavy atom.